The van der Waals surface area contributed by atoms with Crippen molar-refractivity contribution in [2.75, 3.05) is 58.3 Å². The number of thioether (sulfide) groups is 3. The van der Waals surface area contributed by atoms with Crippen LogP contribution in [0.25, 0.3) is 0 Å². The van der Waals surface area contributed by atoms with Gasteiger partial charge < -0.3 is 5.32 Å². The van der Waals surface area contributed by atoms with Crippen LogP contribution in [0.1, 0.15) is 45.4 Å². The first-order valence-electron chi connectivity index (χ1n) is 10.0. The number of carbonyl (C=O) groups is 1. The van der Waals surface area contributed by atoms with Gasteiger partial charge >= 0.3 is 0 Å². The summed E-state index contributed by atoms with van der Waals surface area (Å²) in [6, 6.07) is 0. The molecule has 162 valence electrons. The third-order valence-electron chi connectivity index (χ3n) is 4.36. The van der Waals surface area contributed by atoms with E-state index in [1.165, 1.54) is 0 Å². The lowest BCUT2D eigenvalue weighted by molar-refractivity contribution is -0.132. The topological polar surface area (TPSA) is 29.1 Å². The first-order valence-corrected chi connectivity index (χ1v) is 15.4. The van der Waals surface area contributed by atoms with Crippen molar-refractivity contribution in [1.82, 2.24) is 5.32 Å². The van der Waals surface area contributed by atoms with Crippen LogP contribution in [0.3, 0.4) is 0 Å². The highest BCUT2D eigenvalue weighted by molar-refractivity contribution is 8.00. The SMILES string of the molecule is CCNC(=O)C(CCCSCCS)(CCCSCCS)CCCSCCS. The second kappa shape index (κ2) is 20.8. The molecular formula is C19H39NOS6. The standard InChI is InChI=1S/C19H39NOS6/c1-2-20-18(21)19(6-3-12-25-15-9-22,7-4-13-26-16-10-23)8-5-14-27-17-11-24/h22-24H,2-17H2,1H3,(H,20,21). The molecule has 0 spiro atoms. The van der Waals surface area contributed by atoms with Crippen molar-refractivity contribution < 1.29 is 4.79 Å². The van der Waals surface area contributed by atoms with E-state index in [1.54, 1.807) is 0 Å². The summed E-state index contributed by atoms with van der Waals surface area (Å²) in [4.78, 5) is 13.1. The minimum Gasteiger partial charge on any atom is -0.356 e. The molecule has 0 aliphatic heterocycles. The smallest absolute Gasteiger partial charge is 0.226 e. The number of thiol groups is 3. The minimum absolute atomic E-state index is 0.194. The molecule has 0 aromatic rings. The molecule has 0 fully saturated rings. The molecule has 8 heteroatoms. The number of hydrogen-bond donors (Lipinski definition) is 4. The highest BCUT2D eigenvalue weighted by Gasteiger charge is 2.36. The first kappa shape index (κ1) is 28.6. The van der Waals surface area contributed by atoms with Gasteiger partial charge in [0.25, 0.3) is 0 Å². The molecule has 0 atom stereocenters. The summed E-state index contributed by atoms with van der Waals surface area (Å²) in [5, 5.41) is 3.15. The van der Waals surface area contributed by atoms with Crippen molar-refractivity contribution in [3.05, 3.63) is 0 Å². The Balaban J connectivity index is 4.80. The number of nitrogens with one attached hydrogen (secondary N) is 1. The molecule has 0 aromatic heterocycles. The molecule has 0 aliphatic carbocycles. The lowest BCUT2D eigenvalue weighted by Gasteiger charge is -2.33. The Hall–Kier alpha value is 1.57. The Morgan fingerprint density at radius 2 is 1.11 bits per heavy atom. The lowest BCUT2D eigenvalue weighted by Crippen LogP contribution is -2.41. The van der Waals surface area contributed by atoms with Gasteiger partial charge in [0.15, 0.2) is 0 Å². The fourth-order valence-corrected chi connectivity index (χ4v) is 6.31. The van der Waals surface area contributed by atoms with Gasteiger partial charge in [-0.15, -0.1) is 0 Å². The maximum Gasteiger partial charge on any atom is 0.226 e. The summed E-state index contributed by atoms with van der Waals surface area (Å²) in [5.74, 6) is 9.74. The summed E-state index contributed by atoms with van der Waals surface area (Å²) in [6.07, 6.45) is 6.36. The largest absolute Gasteiger partial charge is 0.356 e. The van der Waals surface area contributed by atoms with E-state index in [2.05, 4.69) is 43.2 Å². The Kier molecular flexibility index (Phi) is 22.0. The Morgan fingerprint density at radius 3 is 1.41 bits per heavy atom. The molecule has 1 N–H and O–H groups in total. The third-order valence-corrected chi connectivity index (χ3v) is 9.15. The Morgan fingerprint density at radius 1 is 0.741 bits per heavy atom. The van der Waals surface area contributed by atoms with Crippen LogP contribution in [0, 0.1) is 5.41 Å². The molecule has 0 saturated heterocycles. The van der Waals surface area contributed by atoms with Gasteiger partial charge in [-0.1, -0.05) is 0 Å². The quantitative estimate of drug-likeness (QED) is 0.135. The zero-order valence-corrected chi connectivity index (χ0v) is 21.9. The number of amides is 1. The van der Waals surface area contributed by atoms with Crippen molar-refractivity contribution >= 4 is 79.1 Å². The van der Waals surface area contributed by atoms with Crippen LogP contribution in [-0.4, -0.2) is 64.2 Å². The van der Waals surface area contributed by atoms with E-state index in [9.17, 15) is 4.79 Å². The van der Waals surface area contributed by atoms with Crippen molar-refractivity contribution in [1.29, 1.82) is 0 Å². The van der Waals surface area contributed by atoms with Crippen LogP contribution in [0.4, 0.5) is 0 Å². The van der Waals surface area contributed by atoms with Gasteiger partial charge in [-0.3, -0.25) is 4.79 Å². The molecule has 0 aliphatic rings. The van der Waals surface area contributed by atoms with Crippen molar-refractivity contribution in [2.45, 2.75) is 45.4 Å². The fraction of sp³-hybridized carbons (Fsp3) is 0.947. The number of rotatable bonds is 20. The van der Waals surface area contributed by atoms with Gasteiger partial charge in [-0.05, 0) is 80.0 Å². The Bertz CT molecular complexity index is 310. The molecule has 0 radical (unpaired) electrons. The maximum absolute atomic E-state index is 13.1. The van der Waals surface area contributed by atoms with Crippen molar-refractivity contribution in [3.8, 4) is 0 Å². The monoisotopic (exact) mass is 489 g/mol. The lowest BCUT2D eigenvalue weighted by atomic mass is 9.74. The van der Waals surface area contributed by atoms with Gasteiger partial charge in [-0.25, -0.2) is 0 Å². The number of hydrogen-bond acceptors (Lipinski definition) is 7. The van der Waals surface area contributed by atoms with E-state index < -0.39 is 0 Å². The van der Waals surface area contributed by atoms with E-state index in [0.29, 0.717) is 0 Å². The van der Waals surface area contributed by atoms with Crippen LogP contribution in [0.15, 0.2) is 0 Å². The molecule has 0 aromatic carbocycles. The highest BCUT2D eigenvalue weighted by atomic mass is 32.2. The zero-order chi connectivity index (χ0) is 20.2. The highest BCUT2D eigenvalue weighted by Crippen LogP contribution is 2.37. The van der Waals surface area contributed by atoms with Gasteiger partial charge in [0.2, 0.25) is 5.91 Å². The van der Waals surface area contributed by atoms with Crippen LogP contribution >= 0.6 is 73.2 Å². The van der Waals surface area contributed by atoms with E-state index in [0.717, 1.165) is 96.8 Å². The summed E-state index contributed by atoms with van der Waals surface area (Å²) < 4.78 is 0. The third kappa shape index (κ3) is 15.1. The molecule has 1 amide bonds. The van der Waals surface area contributed by atoms with E-state index in [4.69, 9.17) is 0 Å². The average Bonchev–Trinajstić information content (AvgIpc) is 2.67. The molecule has 0 saturated carbocycles. The zero-order valence-electron chi connectivity index (χ0n) is 16.8. The molecule has 0 rings (SSSR count). The normalized spacial score (nSPS) is 11.7. The molecule has 2 nitrogen and oxygen atoms in total. The fourth-order valence-electron chi connectivity index (χ4n) is 3.10. The van der Waals surface area contributed by atoms with Crippen LogP contribution in [0.5, 0.6) is 0 Å². The molecule has 27 heavy (non-hydrogen) atoms. The van der Waals surface area contributed by atoms with Gasteiger partial charge in [0.05, 0.1) is 0 Å². The van der Waals surface area contributed by atoms with Gasteiger partial charge in [0, 0.05) is 29.2 Å². The van der Waals surface area contributed by atoms with Crippen molar-refractivity contribution in [3.63, 3.8) is 0 Å². The van der Waals surface area contributed by atoms with Gasteiger partial charge in [0.1, 0.15) is 0 Å². The number of carbonyl (C=O) groups excluding carboxylic acids is 1. The minimum atomic E-state index is -0.194. The van der Waals surface area contributed by atoms with Crippen LogP contribution < -0.4 is 5.32 Å². The summed E-state index contributed by atoms with van der Waals surface area (Å²) in [6.45, 7) is 2.74. The van der Waals surface area contributed by atoms with Crippen LogP contribution in [-0.2, 0) is 4.79 Å². The second-order valence-corrected chi connectivity index (χ2v) is 11.5. The predicted octanol–water partition coefficient (Wildman–Crippen LogP) is 5.44. The predicted molar refractivity (Wildman–Crippen MR) is 142 cm³/mol. The van der Waals surface area contributed by atoms with Crippen LogP contribution in [0.2, 0.25) is 0 Å². The first-order chi connectivity index (χ1) is 13.2. The average molecular weight is 490 g/mol. The summed E-state index contributed by atoms with van der Waals surface area (Å²) in [7, 11) is 0. The van der Waals surface area contributed by atoms with Gasteiger partial charge in [-0.2, -0.15) is 73.2 Å². The summed E-state index contributed by atoms with van der Waals surface area (Å²) >= 11 is 18.7. The van der Waals surface area contributed by atoms with E-state index in [-0.39, 0.29) is 11.3 Å². The van der Waals surface area contributed by atoms with Crippen molar-refractivity contribution in [2.24, 2.45) is 5.41 Å². The molecular weight excluding hydrogens is 451 g/mol. The molecule has 0 heterocycles. The molecule has 0 bridgehead atoms. The summed E-state index contributed by atoms with van der Waals surface area (Å²) in [5.41, 5.74) is -0.194. The second-order valence-electron chi connectivity index (χ2n) is 6.46. The van der Waals surface area contributed by atoms with E-state index in [1.807, 2.05) is 42.2 Å². The van der Waals surface area contributed by atoms with E-state index >= 15 is 0 Å². The molecule has 0 unspecified atom stereocenters. The Labute approximate surface area is 197 Å². The maximum atomic E-state index is 13.1.